The number of nitrogens with zero attached hydrogens (tertiary/aromatic N) is 1. The zero-order valence-corrected chi connectivity index (χ0v) is 6.83. The second-order valence-corrected chi connectivity index (χ2v) is 3.87. The number of nitrogen functional groups attached to an aromatic ring is 1. The van der Waals surface area contributed by atoms with Crippen LogP contribution in [0.2, 0.25) is 0 Å². The highest BCUT2D eigenvalue weighted by Crippen LogP contribution is 2.21. The summed E-state index contributed by atoms with van der Waals surface area (Å²) in [6.45, 7) is 1.65. The molecule has 6 heteroatoms. The minimum atomic E-state index is -1.94. The van der Waals surface area contributed by atoms with Crippen molar-refractivity contribution >= 4 is 27.5 Å². The van der Waals surface area contributed by atoms with Gasteiger partial charge in [0.25, 0.3) is 0 Å². The Kier molecular flexibility index (Phi) is 2.02. The van der Waals surface area contributed by atoms with Crippen molar-refractivity contribution in [1.82, 2.24) is 4.98 Å². The Balaban J connectivity index is 3.15. The predicted molar refractivity (Wildman–Crippen MR) is 40.3 cm³/mol. The molecule has 0 aliphatic rings. The molecule has 1 unspecified atom stereocenters. The second-order valence-electron chi connectivity index (χ2n) is 1.67. The maximum Gasteiger partial charge on any atom is 0.198 e. The van der Waals surface area contributed by atoms with Crippen LogP contribution in [0.4, 0.5) is 5.13 Å². The number of nitrogens with two attached hydrogens (primary N) is 1. The third kappa shape index (κ3) is 1.34. The van der Waals surface area contributed by atoms with E-state index in [0.29, 0.717) is 15.0 Å². The highest BCUT2D eigenvalue weighted by molar-refractivity contribution is 7.82. The molecule has 0 spiro atoms. The number of hydrogen-bond donors (Lipinski definition) is 2. The van der Waals surface area contributed by atoms with Crippen LogP contribution in [0.3, 0.4) is 0 Å². The third-order valence-electron chi connectivity index (χ3n) is 0.929. The number of hydrogen-bond acceptors (Lipinski definition) is 4. The Bertz CT molecular complexity index is 270. The molecule has 0 fully saturated rings. The predicted octanol–water partition coefficient (Wildman–Crippen LogP) is 0.614. The van der Waals surface area contributed by atoms with Crippen LogP contribution in [0.15, 0.2) is 4.21 Å². The molecule has 1 aromatic rings. The van der Waals surface area contributed by atoms with Gasteiger partial charge in [0.2, 0.25) is 0 Å². The first-order valence-corrected chi connectivity index (χ1v) is 4.37. The molecule has 0 saturated carbocycles. The largest absolute Gasteiger partial charge is 0.375 e. The minimum absolute atomic E-state index is 0.329. The van der Waals surface area contributed by atoms with E-state index < -0.39 is 11.1 Å². The number of thiazole rings is 1. The molecule has 1 heterocycles. The first-order valence-electron chi connectivity index (χ1n) is 2.45. The summed E-state index contributed by atoms with van der Waals surface area (Å²) in [5, 5.41) is 0.329. The molecule has 1 atom stereocenters. The Morgan fingerprint density at radius 3 is 2.60 bits per heavy atom. The minimum Gasteiger partial charge on any atom is -0.375 e. The summed E-state index contributed by atoms with van der Waals surface area (Å²) in [7, 11) is 0. The van der Waals surface area contributed by atoms with Crippen LogP contribution >= 0.6 is 11.3 Å². The van der Waals surface area contributed by atoms with Gasteiger partial charge in [0, 0.05) is 0 Å². The lowest BCUT2D eigenvalue weighted by Gasteiger charge is -1.85. The highest BCUT2D eigenvalue weighted by atomic mass is 32.2. The van der Waals surface area contributed by atoms with Crippen LogP contribution in [0.5, 0.6) is 0 Å². The summed E-state index contributed by atoms with van der Waals surface area (Å²) in [6.07, 6.45) is 0. The van der Waals surface area contributed by atoms with E-state index >= 15 is 0 Å². The lowest BCUT2D eigenvalue weighted by Crippen LogP contribution is -1.86. The van der Waals surface area contributed by atoms with Crippen molar-refractivity contribution in [3.05, 3.63) is 5.69 Å². The van der Waals surface area contributed by atoms with Gasteiger partial charge >= 0.3 is 0 Å². The van der Waals surface area contributed by atoms with Crippen molar-refractivity contribution in [2.45, 2.75) is 11.1 Å². The van der Waals surface area contributed by atoms with E-state index in [2.05, 4.69) is 4.98 Å². The van der Waals surface area contributed by atoms with Gasteiger partial charge < -0.3 is 10.3 Å². The molecule has 3 N–H and O–H groups in total. The monoisotopic (exact) mass is 178 g/mol. The standard InChI is InChI=1S/C4H6N2O2S2/c1-2-3(10(7)8)9-4(5)6-2/h1H3,(H2,5,6)(H,7,8). The summed E-state index contributed by atoms with van der Waals surface area (Å²) in [6, 6.07) is 0. The van der Waals surface area contributed by atoms with E-state index in [-0.39, 0.29) is 0 Å². The van der Waals surface area contributed by atoms with E-state index in [4.69, 9.17) is 10.3 Å². The molecular formula is C4H6N2O2S2. The van der Waals surface area contributed by atoms with Crippen molar-refractivity contribution in [1.29, 1.82) is 0 Å². The average molecular weight is 178 g/mol. The molecule has 10 heavy (non-hydrogen) atoms. The highest BCUT2D eigenvalue weighted by Gasteiger charge is 2.09. The van der Waals surface area contributed by atoms with E-state index in [1.807, 2.05) is 0 Å². The van der Waals surface area contributed by atoms with Gasteiger partial charge in [-0.2, -0.15) is 0 Å². The van der Waals surface area contributed by atoms with Gasteiger partial charge in [-0.25, -0.2) is 9.19 Å². The Labute approximate surface area is 64.4 Å². The van der Waals surface area contributed by atoms with Crippen LogP contribution < -0.4 is 5.73 Å². The zero-order chi connectivity index (χ0) is 7.72. The summed E-state index contributed by atoms with van der Waals surface area (Å²) in [4.78, 5) is 3.78. The Hall–Kier alpha value is -0.460. The number of rotatable bonds is 1. The molecule has 0 radical (unpaired) electrons. The van der Waals surface area contributed by atoms with Gasteiger partial charge in [-0.3, -0.25) is 0 Å². The molecule has 0 aliphatic carbocycles. The number of anilines is 1. The van der Waals surface area contributed by atoms with E-state index in [1.165, 1.54) is 0 Å². The summed E-state index contributed by atoms with van der Waals surface area (Å²) in [5.74, 6) is 0. The van der Waals surface area contributed by atoms with Crippen molar-refractivity contribution < 1.29 is 8.76 Å². The van der Waals surface area contributed by atoms with Gasteiger partial charge in [0.15, 0.2) is 16.2 Å². The van der Waals surface area contributed by atoms with E-state index in [0.717, 1.165) is 11.3 Å². The topological polar surface area (TPSA) is 76.2 Å². The van der Waals surface area contributed by atoms with Gasteiger partial charge in [-0.05, 0) is 6.92 Å². The Morgan fingerprint density at radius 1 is 1.80 bits per heavy atom. The van der Waals surface area contributed by atoms with Gasteiger partial charge in [-0.1, -0.05) is 11.3 Å². The number of aromatic nitrogens is 1. The van der Waals surface area contributed by atoms with Gasteiger partial charge in [-0.15, -0.1) is 0 Å². The van der Waals surface area contributed by atoms with Crippen molar-refractivity contribution in [3.8, 4) is 0 Å². The molecule has 0 bridgehead atoms. The molecule has 0 aromatic carbocycles. The third-order valence-corrected chi connectivity index (χ3v) is 3.00. The van der Waals surface area contributed by atoms with Crippen molar-refractivity contribution in [2.75, 3.05) is 5.73 Å². The summed E-state index contributed by atoms with van der Waals surface area (Å²) < 4.78 is 19.4. The van der Waals surface area contributed by atoms with Crippen LogP contribution in [-0.2, 0) is 11.1 Å². The molecular weight excluding hydrogens is 172 g/mol. The molecule has 56 valence electrons. The Morgan fingerprint density at radius 2 is 2.40 bits per heavy atom. The lowest BCUT2D eigenvalue weighted by molar-refractivity contribution is 0.566. The molecule has 1 rings (SSSR count). The SMILES string of the molecule is Cc1nc(N)sc1S(=O)O. The summed E-state index contributed by atoms with van der Waals surface area (Å²) >= 11 is -0.905. The zero-order valence-electron chi connectivity index (χ0n) is 5.20. The molecule has 0 aliphatic heterocycles. The van der Waals surface area contributed by atoms with E-state index in [1.54, 1.807) is 6.92 Å². The lowest BCUT2D eigenvalue weighted by atomic mass is 10.6. The maximum absolute atomic E-state index is 10.5. The molecule has 0 amide bonds. The molecule has 4 nitrogen and oxygen atoms in total. The van der Waals surface area contributed by atoms with Crippen LogP contribution in [0.1, 0.15) is 5.69 Å². The first-order chi connectivity index (χ1) is 4.61. The van der Waals surface area contributed by atoms with E-state index in [9.17, 15) is 4.21 Å². The fourth-order valence-electron chi connectivity index (χ4n) is 0.565. The van der Waals surface area contributed by atoms with Crippen LogP contribution in [-0.4, -0.2) is 13.7 Å². The molecule has 1 aromatic heterocycles. The average Bonchev–Trinajstić information content (AvgIpc) is 2.10. The van der Waals surface area contributed by atoms with Gasteiger partial charge in [0.05, 0.1) is 5.69 Å². The van der Waals surface area contributed by atoms with Crippen molar-refractivity contribution in [3.63, 3.8) is 0 Å². The smallest absolute Gasteiger partial charge is 0.198 e. The normalized spacial score (nSPS) is 13.4. The van der Waals surface area contributed by atoms with Crippen LogP contribution in [0, 0.1) is 6.92 Å². The first kappa shape index (κ1) is 7.64. The summed E-state index contributed by atoms with van der Waals surface area (Å²) in [5.41, 5.74) is 5.81. The van der Waals surface area contributed by atoms with Crippen molar-refractivity contribution in [2.24, 2.45) is 0 Å². The fourth-order valence-corrected chi connectivity index (χ4v) is 1.97. The second kappa shape index (κ2) is 2.65. The fraction of sp³-hybridized carbons (Fsp3) is 0.250. The maximum atomic E-state index is 10.5. The molecule has 0 saturated heterocycles. The number of aryl methyl sites for hydroxylation is 1. The quantitative estimate of drug-likeness (QED) is 0.618. The van der Waals surface area contributed by atoms with Crippen LogP contribution in [0.25, 0.3) is 0 Å². The van der Waals surface area contributed by atoms with Gasteiger partial charge in [0.1, 0.15) is 4.21 Å².